The first-order valence-electron chi connectivity index (χ1n) is 9.22. The van der Waals surface area contributed by atoms with Crippen LogP contribution in [0.5, 0.6) is 5.88 Å². The molecule has 3 aromatic rings. The van der Waals surface area contributed by atoms with Crippen LogP contribution in [0.15, 0.2) is 47.4 Å². The first-order valence-corrected chi connectivity index (χ1v) is 9.22. The van der Waals surface area contributed by atoms with Crippen molar-refractivity contribution in [1.82, 2.24) is 9.55 Å². The van der Waals surface area contributed by atoms with Crippen molar-refractivity contribution < 1.29 is 14.6 Å². The molecule has 1 N–H and O–H groups in total. The minimum absolute atomic E-state index is 0.0516. The second-order valence-corrected chi connectivity index (χ2v) is 6.87. The molecule has 4 rings (SSSR count). The van der Waals surface area contributed by atoms with Gasteiger partial charge in [0.25, 0.3) is 5.56 Å². The lowest BCUT2D eigenvalue weighted by Crippen LogP contribution is -2.52. The van der Waals surface area contributed by atoms with Crippen molar-refractivity contribution >= 4 is 16.6 Å². The topological polar surface area (TPSA) is 76.8 Å². The highest BCUT2D eigenvalue weighted by molar-refractivity contribution is 5.95. The van der Waals surface area contributed by atoms with Crippen molar-refractivity contribution in [3.8, 4) is 17.0 Å². The van der Waals surface area contributed by atoms with Crippen molar-refractivity contribution in [2.24, 2.45) is 7.05 Å². The summed E-state index contributed by atoms with van der Waals surface area (Å²) < 4.78 is 12.4. The molecule has 1 saturated heterocycles. The maximum atomic E-state index is 12.4. The van der Waals surface area contributed by atoms with Crippen LogP contribution in [0.3, 0.4) is 0 Å². The maximum absolute atomic E-state index is 12.4. The van der Waals surface area contributed by atoms with Crippen LogP contribution in [0.2, 0.25) is 0 Å². The minimum atomic E-state index is -0.0786. The van der Waals surface area contributed by atoms with E-state index in [1.54, 1.807) is 31.0 Å². The van der Waals surface area contributed by atoms with Gasteiger partial charge < -0.3 is 24.0 Å². The number of anilines is 1. The van der Waals surface area contributed by atoms with Crippen LogP contribution in [-0.2, 0) is 11.8 Å². The predicted molar refractivity (Wildman–Crippen MR) is 108 cm³/mol. The molecule has 7 nitrogen and oxygen atoms in total. The average Bonchev–Trinajstić information content (AvgIpc) is 2.69. The quantitative estimate of drug-likeness (QED) is 0.702. The molecule has 1 aliphatic rings. The maximum Gasteiger partial charge on any atom is 0.251 e. The molecule has 3 heterocycles. The van der Waals surface area contributed by atoms with Crippen LogP contribution in [0.1, 0.15) is 0 Å². The Hall–Kier alpha value is -2.90. The van der Waals surface area contributed by atoms with E-state index in [-0.39, 0.29) is 18.3 Å². The molecule has 0 amide bonds. The normalized spacial score (nSPS) is 14.3. The number of methoxy groups -OCH3 is 1. The zero-order chi connectivity index (χ0) is 19.7. The highest BCUT2D eigenvalue weighted by atomic mass is 16.5. The zero-order valence-corrected chi connectivity index (χ0v) is 16.0. The van der Waals surface area contributed by atoms with E-state index in [2.05, 4.69) is 22.0 Å². The van der Waals surface area contributed by atoms with Crippen LogP contribution >= 0.6 is 0 Å². The summed E-state index contributed by atoms with van der Waals surface area (Å²) in [6.45, 7) is 2.07. The molecule has 28 heavy (non-hydrogen) atoms. The van der Waals surface area contributed by atoms with Crippen molar-refractivity contribution in [2.45, 2.75) is 6.10 Å². The van der Waals surface area contributed by atoms with Gasteiger partial charge in [-0.2, -0.15) is 0 Å². The molecule has 0 spiro atoms. The number of hydrogen-bond donors (Lipinski definition) is 1. The molecule has 2 aromatic heterocycles. The fourth-order valence-corrected chi connectivity index (χ4v) is 3.50. The summed E-state index contributed by atoms with van der Waals surface area (Å²) >= 11 is 0. The van der Waals surface area contributed by atoms with Crippen LogP contribution < -0.4 is 15.2 Å². The Balaban J connectivity index is 1.64. The Morgan fingerprint density at radius 2 is 1.96 bits per heavy atom. The van der Waals surface area contributed by atoms with Gasteiger partial charge in [-0.1, -0.05) is 12.1 Å². The molecule has 0 atom stereocenters. The van der Waals surface area contributed by atoms with Gasteiger partial charge in [0, 0.05) is 43.3 Å². The standard InChI is InChI=1S/C21H23N3O4/c1-23-19-11-22-20(27-2)9-18(19)17(10-21(23)26)14-3-5-15(6-4-14)24-12-16(13-24)28-8-7-25/h3-6,9-11,16,25H,7-8,12-13H2,1-2H3. The first-order chi connectivity index (χ1) is 13.6. The van der Waals surface area contributed by atoms with Gasteiger partial charge in [0.05, 0.1) is 38.1 Å². The smallest absolute Gasteiger partial charge is 0.251 e. The third-order valence-corrected chi connectivity index (χ3v) is 5.15. The molecule has 0 aliphatic carbocycles. The summed E-state index contributed by atoms with van der Waals surface area (Å²) in [7, 11) is 3.32. The number of benzene rings is 1. The van der Waals surface area contributed by atoms with Gasteiger partial charge in [0.2, 0.25) is 5.88 Å². The highest BCUT2D eigenvalue weighted by Crippen LogP contribution is 2.31. The molecule has 0 saturated carbocycles. The Labute approximate surface area is 162 Å². The Morgan fingerprint density at radius 3 is 2.64 bits per heavy atom. The average molecular weight is 381 g/mol. The number of nitrogens with zero attached hydrogens (tertiary/aromatic N) is 3. The number of aromatic nitrogens is 2. The minimum Gasteiger partial charge on any atom is -0.481 e. The van der Waals surface area contributed by atoms with Gasteiger partial charge in [-0.3, -0.25) is 4.79 Å². The number of aliphatic hydroxyl groups excluding tert-OH is 1. The predicted octanol–water partition coefficient (Wildman–Crippen LogP) is 1.81. The Bertz CT molecular complexity index is 1040. The zero-order valence-electron chi connectivity index (χ0n) is 16.0. The van der Waals surface area contributed by atoms with Gasteiger partial charge in [-0.05, 0) is 23.3 Å². The van der Waals surface area contributed by atoms with E-state index in [0.717, 1.165) is 40.8 Å². The number of rotatable bonds is 6. The second-order valence-electron chi connectivity index (χ2n) is 6.87. The third-order valence-electron chi connectivity index (χ3n) is 5.15. The van der Waals surface area contributed by atoms with Crippen molar-refractivity contribution in [3.05, 3.63) is 52.9 Å². The summed E-state index contributed by atoms with van der Waals surface area (Å²) in [5.74, 6) is 0.513. The van der Waals surface area contributed by atoms with Crippen LogP contribution in [0.4, 0.5) is 5.69 Å². The lowest BCUT2D eigenvalue weighted by Gasteiger charge is -2.40. The van der Waals surface area contributed by atoms with E-state index < -0.39 is 0 Å². The SMILES string of the molecule is COc1cc2c(-c3ccc(N4CC(OCCO)C4)cc3)cc(=O)n(C)c2cn1. The van der Waals surface area contributed by atoms with Gasteiger partial charge in [-0.25, -0.2) is 4.98 Å². The summed E-state index contributed by atoms with van der Waals surface area (Å²) in [4.78, 5) is 18.9. The molecule has 1 fully saturated rings. The van der Waals surface area contributed by atoms with Crippen molar-refractivity contribution in [3.63, 3.8) is 0 Å². The lowest BCUT2D eigenvalue weighted by molar-refractivity contribution is 0.0135. The highest BCUT2D eigenvalue weighted by Gasteiger charge is 2.27. The number of aliphatic hydroxyl groups is 1. The van der Waals surface area contributed by atoms with Crippen molar-refractivity contribution in [2.75, 3.05) is 38.3 Å². The third kappa shape index (κ3) is 3.34. The Morgan fingerprint density at radius 1 is 1.21 bits per heavy atom. The monoisotopic (exact) mass is 381 g/mol. The van der Waals surface area contributed by atoms with Crippen molar-refractivity contribution in [1.29, 1.82) is 0 Å². The van der Waals surface area contributed by atoms with E-state index in [1.165, 1.54) is 0 Å². The van der Waals surface area contributed by atoms with E-state index in [1.807, 2.05) is 18.2 Å². The van der Waals surface area contributed by atoms with Crippen LogP contribution in [0, 0.1) is 0 Å². The molecule has 7 heteroatoms. The summed E-state index contributed by atoms with van der Waals surface area (Å²) in [6.07, 6.45) is 1.84. The molecule has 0 bridgehead atoms. The van der Waals surface area contributed by atoms with Crippen LogP contribution in [-0.4, -0.2) is 54.2 Å². The van der Waals surface area contributed by atoms with E-state index >= 15 is 0 Å². The second kappa shape index (κ2) is 7.61. The van der Waals surface area contributed by atoms with Gasteiger partial charge >= 0.3 is 0 Å². The number of pyridine rings is 2. The number of ether oxygens (including phenoxy) is 2. The van der Waals surface area contributed by atoms with Gasteiger partial charge in [0.15, 0.2) is 0 Å². The lowest BCUT2D eigenvalue weighted by atomic mass is 10.0. The molecule has 1 aromatic carbocycles. The summed E-state index contributed by atoms with van der Waals surface area (Å²) in [6, 6.07) is 11.7. The molecule has 0 unspecified atom stereocenters. The number of hydrogen-bond acceptors (Lipinski definition) is 6. The van der Waals surface area contributed by atoms with E-state index in [0.29, 0.717) is 12.5 Å². The largest absolute Gasteiger partial charge is 0.481 e. The van der Waals surface area contributed by atoms with E-state index in [9.17, 15) is 4.79 Å². The van der Waals surface area contributed by atoms with E-state index in [4.69, 9.17) is 14.6 Å². The van der Waals surface area contributed by atoms with Gasteiger partial charge in [0.1, 0.15) is 0 Å². The summed E-state index contributed by atoms with van der Waals surface area (Å²) in [5, 5.41) is 9.75. The molecule has 0 radical (unpaired) electrons. The van der Waals surface area contributed by atoms with Gasteiger partial charge in [-0.15, -0.1) is 0 Å². The van der Waals surface area contributed by atoms with Crippen LogP contribution in [0.25, 0.3) is 22.0 Å². The Kier molecular flexibility index (Phi) is 5.02. The first kappa shape index (κ1) is 18.5. The molecular formula is C21H23N3O4. The molecule has 1 aliphatic heterocycles. The number of fused-ring (bicyclic) bond motifs is 1. The fourth-order valence-electron chi connectivity index (χ4n) is 3.50. The number of aryl methyl sites for hydroxylation is 1. The molecule has 146 valence electrons. The summed E-state index contributed by atoms with van der Waals surface area (Å²) in [5.41, 5.74) is 3.62. The fraction of sp³-hybridized carbons (Fsp3) is 0.333. The molecular weight excluding hydrogens is 358 g/mol.